The van der Waals surface area contributed by atoms with E-state index in [2.05, 4.69) is 38.0 Å². The van der Waals surface area contributed by atoms with Gasteiger partial charge in [0.25, 0.3) is 0 Å². The highest BCUT2D eigenvalue weighted by atomic mass is 31.2. The summed E-state index contributed by atoms with van der Waals surface area (Å²) < 4.78 is 42.3. The molecule has 2 amide bonds. The van der Waals surface area contributed by atoms with E-state index >= 15 is 0 Å². The standard InChI is InChI=1S/C52H103N2O9P/c1-8-12-15-18-21-23-25-27-30-33-36-39-49(55)54-47(38-35-32-29-20-17-14-10-3)41-42-48(62-50(56)40-37-34-31-28-26-24-22-19-16-13-9-2)46-61-64(58,59-44-11-4)60-45-43-53-51(57)63-52(5,6)7/h11,47-48,50,56H,4,8-10,12-46H2,1-3,5-7H3,(H,53,57)(H,54,55)/t47?,48-,50?,64?/m0/s1. The third-order valence-electron chi connectivity index (χ3n) is 11.6. The van der Waals surface area contributed by atoms with E-state index in [9.17, 15) is 19.3 Å². The zero-order valence-corrected chi connectivity index (χ0v) is 43.4. The number of rotatable bonds is 48. The summed E-state index contributed by atoms with van der Waals surface area (Å²) in [6.07, 6.45) is 37.5. The van der Waals surface area contributed by atoms with Gasteiger partial charge >= 0.3 is 13.9 Å². The first-order valence-corrected chi connectivity index (χ1v) is 28.1. The molecule has 0 bridgehead atoms. The van der Waals surface area contributed by atoms with Gasteiger partial charge in [-0.1, -0.05) is 200 Å². The first-order chi connectivity index (χ1) is 30.9. The van der Waals surface area contributed by atoms with Crippen molar-refractivity contribution in [2.45, 2.75) is 284 Å². The second kappa shape index (κ2) is 44.0. The minimum atomic E-state index is -4.11. The van der Waals surface area contributed by atoms with Crippen LogP contribution in [0.5, 0.6) is 0 Å². The van der Waals surface area contributed by atoms with Gasteiger partial charge in [0.2, 0.25) is 5.91 Å². The molecule has 3 N–H and O–H groups in total. The van der Waals surface area contributed by atoms with E-state index in [1.54, 1.807) is 20.8 Å². The molecule has 0 heterocycles. The molecular formula is C52H103N2O9P. The van der Waals surface area contributed by atoms with E-state index in [1.165, 1.54) is 147 Å². The van der Waals surface area contributed by atoms with Crippen molar-refractivity contribution in [3.8, 4) is 0 Å². The van der Waals surface area contributed by atoms with Gasteiger partial charge in [-0.05, 0) is 59.3 Å². The molecule has 0 aliphatic heterocycles. The maximum Gasteiger partial charge on any atom is 0.475 e. The van der Waals surface area contributed by atoms with Gasteiger partial charge in [-0.3, -0.25) is 18.4 Å². The lowest BCUT2D eigenvalue weighted by molar-refractivity contribution is -0.152. The van der Waals surface area contributed by atoms with Gasteiger partial charge in [0.05, 0.1) is 25.9 Å². The molecule has 0 fully saturated rings. The molecule has 11 nitrogen and oxygen atoms in total. The summed E-state index contributed by atoms with van der Waals surface area (Å²) in [7, 11) is -4.11. The molecule has 0 saturated heterocycles. The van der Waals surface area contributed by atoms with Crippen molar-refractivity contribution in [3.63, 3.8) is 0 Å². The van der Waals surface area contributed by atoms with Crippen molar-refractivity contribution in [3.05, 3.63) is 12.7 Å². The molecule has 380 valence electrons. The number of phosphoric acid groups is 1. The quantitative estimate of drug-likeness (QED) is 0.0235. The van der Waals surface area contributed by atoms with Gasteiger partial charge in [0, 0.05) is 19.0 Å². The van der Waals surface area contributed by atoms with Crippen molar-refractivity contribution >= 4 is 19.8 Å². The maximum atomic E-state index is 13.8. The summed E-state index contributed by atoms with van der Waals surface area (Å²) in [5.74, 6) is 0.0878. The summed E-state index contributed by atoms with van der Waals surface area (Å²) in [5, 5.41) is 17.0. The Hall–Kier alpha value is -1.49. The molecule has 0 aromatic heterocycles. The molecule has 3 unspecified atom stereocenters. The van der Waals surface area contributed by atoms with Crippen molar-refractivity contribution in [1.29, 1.82) is 0 Å². The Morgan fingerprint density at radius 2 is 1.06 bits per heavy atom. The van der Waals surface area contributed by atoms with Gasteiger partial charge in [0.15, 0.2) is 6.29 Å². The maximum absolute atomic E-state index is 13.8. The summed E-state index contributed by atoms with van der Waals surface area (Å²) >= 11 is 0. The van der Waals surface area contributed by atoms with Crippen LogP contribution >= 0.6 is 7.82 Å². The fourth-order valence-electron chi connectivity index (χ4n) is 7.79. The van der Waals surface area contributed by atoms with Gasteiger partial charge < -0.3 is 25.2 Å². The molecule has 0 rings (SSSR count). The van der Waals surface area contributed by atoms with Crippen LogP contribution in [0.1, 0.15) is 260 Å². The number of unbranched alkanes of at least 4 members (excludes halogenated alkanes) is 26. The Kier molecular flexibility index (Phi) is 43.0. The lowest BCUT2D eigenvalue weighted by Gasteiger charge is -2.26. The Labute approximate surface area is 394 Å². The first-order valence-electron chi connectivity index (χ1n) is 26.6. The third-order valence-corrected chi connectivity index (χ3v) is 13.0. The summed E-state index contributed by atoms with van der Waals surface area (Å²) in [5.41, 5.74) is -0.661. The van der Waals surface area contributed by atoms with Crippen molar-refractivity contribution in [1.82, 2.24) is 10.6 Å². The monoisotopic (exact) mass is 931 g/mol. The van der Waals surface area contributed by atoms with E-state index in [4.69, 9.17) is 23.0 Å². The van der Waals surface area contributed by atoms with E-state index in [0.29, 0.717) is 25.7 Å². The molecule has 4 atom stereocenters. The van der Waals surface area contributed by atoms with Crippen LogP contribution in [0.3, 0.4) is 0 Å². The average molecular weight is 931 g/mol. The van der Waals surface area contributed by atoms with E-state index in [0.717, 1.165) is 51.4 Å². The Bertz CT molecular complexity index is 1120. The van der Waals surface area contributed by atoms with Gasteiger partial charge in [-0.15, -0.1) is 6.58 Å². The van der Waals surface area contributed by atoms with E-state index < -0.39 is 31.9 Å². The lowest BCUT2D eigenvalue weighted by Crippen LogP contribution is -2.36. The van der Waals surface area contributed by atoms with E-state index in [-0.39, 0.29) is 38.3 Å². The molecule has 64 heavy (non-hydrogen) atoms. The van der Waals surface area contributed by atoms with Crippen LogP contribution in [-0.2, 0) is 32.4 Å². The topological polar surface area (TPSA) is 142 Å². The number of amides is 2. The van der Waals surface area contributed by atoms with Crippen LogP contribution < -0.4 is 10.6 Å². The van der Waals surface area contributed by atoms with Crippen LogP contribution in [0.15, 0.2) is 12.7 Å². The third kappa shape index (κ3) is 43.1. The molecule has 0 aromatic carbocycles. The molecule has 0 aromatic rings. The minimum absolute atomic E-state index is 0.0243. The predicted molar refractivity (Wildman–Crippen MR) is 267 cm³/mol. The number of ether oxygens (including phenoxy) is 2. The number of carbonyl (C=O) groups is 2. The number of alkyl carbamates (subject to hydrolysis) is 1. The highest BCUT2D eigenvalue weighted by Gasteiger charge is 2.30. The predicted octanol–water partition coefficient (Wildman–Crippen LogP) is 15.4. The average Bonchev–Trinajstić information content (AvgIpc) is 3.25. The number of phosphoric ester groups is 1. The molecular weight excluding hydrogens is 828 g/mol. The number of aliphatic hydroxyl groups excluding tert-OH is 1. The zero-order valence-electron chi connectivity index (χ0n) is 42.5. The number of hydrogen-bond donors (Lipinski definition) is 3. The SMILES string of the molecule is C=CCOP(=O)(OCCNC(=O)OC(C)(C)C)OC[C@H](CCC(CCCCCCCCC)NC(=O)CCCCCCCCCCCCC)OC(O)CCCCCCCCCCCCC. The lowest BCUT2D eigenvalue weighted by atomic mass is 10.00. The second-order valence-corrected chi connectivity index (χ2v) is 20.8. The Morgan fingerprint density at radius 1 is 0.609 bits per heavy atom. The molecule has 12 heteroatoms. The number of hydrogen-bond acceptors (Lipinski definition) is 9. The molecule has 0 spiro atoms. The number of nitrogens with one attached hydrogen (secondary N) is 2. The number of carbonyl (C=O) groups excluding carboxylic acids is 2. The fourth-order valence-corrected chi connectivity index (χ4v) is 8.97. The van der Waals surface area contributed by atoms with Gasteiger partial charge in [0.1, 0.15) is 5.60 Å². The summed E-state index contributed by atoms with van der Waals surface area (Å²) in [4.78, 5) is 25.4. The van der Waals surface area contributed by atoms with Crippen molar-refractivity contribution in [2.75, 3.05) is 26.4 Å². The number of aliphatic hydroxyl groups is 1. The van der Waals surface area contributed by atoms with Gasteiger partial charge in [-0.25, -0.2) is 9.36 Å². The highest BCUT2D eigenvalue weighted by molar-refractivity contribution is 7.48. The molecule has 0 aliphatic rings. The Morgan fingerprint density at radius 3 is 1.53 bits per heavy atom. The van der Waals surface area contributed by atoms with Crippen LogP contribution in [0, 0.1) is 0 Å². The molecule has 0 aliphatic carbocycles. The second-order valence-electron chi connectivity index (χ2n) is 19.2. The first kappa shape index (κ1) is 62.5. The smallest absolute Gasteiger partial charge is 0.444 e. The van der Waals surface area contributed by atoms with E-state index in [1.807, 2.05) is 0 Å². The Balaban J connectivity index is 5.52. The highest BCUT2D eigenvalue weighted by Crippen LogP contribution is 2.49. The summed E-state index contributed by atoms with van der Waals surface area (Å²) in [6.45, 7) is 15.4. The molecule has 0 saturated carbocycles. The van der Waals surface area contributed by atoms with Gasteiger partial charge in [-0.2, -0.15) is 0 Å². The van der Waals surface area contributed by atoms with Crippen LogP contribution in [-0.4, -0.2) is 67.5 Å². The fraction of sp³-hybridized carbons (Fsp3) is 0.923. The molecule has 0 radical (unpaired) electrons. The van der Waals surface area contributed by atoms with Crippen LogP contribution in [0.25, 0.3) is 0 Å². The van der Waals surface area contributed by atoms with Crippen molar-refractivity contribution < 1.29 is 42.3 Å². The summed E-state index contributed by atoms with van der Waals surface area (Å²) in [6, 6.07) is -0.0512. The van der Waals surface area contributed by atoms with Crippen LogP contribution in [0.2, 0.25) is 0 Å². The minimum Gasteiger partial charge on any atom is -0.444 e. The normalized spacial score (nSPS) is 14.2. The van der Waals surface area contributed by atoms with Crippen molar-refractivity contribution in [2.24, 2.45) is 0 Å². The largest absolute Gasteiger partial charge is 0.475 e. The zero-order chi connectivity index (χ0) is 47.4. The van der Waals surface area contributed by atoms with Crippen LogP contribution in [0.4, 0.5) is 4.79 Å².